The molecular weight excluding hydrogens is 356 g/mol. The van der Waals surface area contributed by atoms with Gasteiger partial charge in [-0.1, -0.05) is 18.2 Å². The molecule has 2 aromatic rings. The quantitative estimate of drug-likeness (QED) is 0.833. The molecule has 0 spiro atoms. The molecule has 4 rings (SSSR count). The standard InChI is InChI=1S/C21H26N4O3/c1-14-7-2-3-9-16(14)23-21(27)19-24-18(17-10-4-5-11-25(17)19)20(26)22-13-15-8-6-12-28-15/h2-3,7,9,15H,4-6,8,10-13H2,1H3,(H,22,26)(H,23,27). The van der Waals surface area contributed by atoms with E-state index >= 15 is 0 Å². The Kier molecular flexibility index (Phi) is 5.43. The summed E-state index contributed by atoms with van der Waals surface area (Å²) in [7, 11) is 0. The van der Waals surface area contributed by atoms with Crippen molar-refractivity contribution in [3.05, 3.63) is 47.0 Å². The second kappa shape index (κ2) is 8.14. The van der Waals surface area contributed by atoms with Crippen molar-refractivity contribution in [2.45, 2.75) is 51.7 Å². The molecule has 2 N–H and O–H groups in total. The summed E-state index contributed by atoms with van der Waals surface area (Å²) < 4.78 is 7.47. The highest BCUT2D eigenvalue weighted by Gasteiger charge is 2.28. The van der Waals surface area contributed by atoms with Gasteiger partial charge in [-0.2, -0.15) is 0 Å². The van der Waals surface area contributed by atoms with Crippen LogP contribution in [-0.4, -0.2) is 40.6 Å². The molecule has 1 aromatic carbocycles. The molecule has 2 amide bonds. The van der Waals surface area contributed by atoms with Crippen LogP contribution in [0.5, 0.6) is 0 Å². The van der Waals surface area contributed by atoms with Crippen molar-refractivity contribution in [1.82, 2.24) is 14.9 Å². The molecule has 0 aliphatic carbocycles. The molecule has 0 radical (unpaired) electrons. The average Bonchev–Trinajstić information content (AvgIpc) is 3.36. The Morgan fingerprint density at radius 1 is 1.21 bits per heavy atom. The lowest BCUT2D eigenvalue weighted by Crippen LogP contribution is -2.32. The zero-order chi connectivity index (χ0) is 19.5. The number of rotatable bonds is 5. The predicted octanol–water partition coefficient (Wildman–Crippen LogP) is 2.69. The summed E-state index contributed by atoms with van der Waals surface area (Å²) in [6.45, 7) is 3.89. The molecule has 3 heterocycles. The minimum absolute atomic E-state index is 0.0752. The summed E-state index contributed by atoms with van der Waals surface area (Å²) in [6, 6.07) is 7.62. The number of nitrogens with zero attached hydrogens (tertiary/aromatic N) is 2. The Hall–Kier alpha value is -2.67. The molecule has 28 heavy (non-hydrogen) atoms. The third kappa shape index (κ3) is 3.80. The van der Waals surface area contributed by atoms with Crippen LogP contribution < -0.4 is 10.6 Å². The molecule has 7 nitrogen and oxygen atoms in total. The number of benzene rings is 1. The van der Waals surface area contributed by atoms with E-state index in [0.29, 0.717) is 24.6 Å². The van der Waals surface area contributed by atoms with Crippen molar-refractivity contribution in [3.63, 3.8) is 0 Å². The van der Waals surface area contributed by atoms with Crippen LogP contribution in [0.1, 0.15) is 58.0 Å². The number of carbonyl (C=O) groups excluding carboxylic acids is 2. The van der Waals surface area contributed by atoms with Gasteiger partial charge >= 0.3 is 0 Å². The largest absolute Gasteiger partial charge is 0.376 e. The topological polar surface area (TPSA) is 85.2 Å². The Bertz CT molecular complexity index is 884. The molecule has 1 saturated heterocycles. The Balaban J connectivity index is 1.55. The van der Waals surface area contributed by atoms with Crippen molar-refractivity contribution in [2.24, 2.45) is 0 Å². The number of para-hydroxylation sites is 1. The van der Waals surface area contributed by atoms with Crippen LogP contribution in [0.3, 0.4) is 0 Å². The first kappa shape index (κ1) is 18.7. The van der Waals surface area contributed by atoms with Crippen molar-refractivity contribution >= 4 is 17.5 Å². The molecule has 148 valence electrons. The molecule has 1 atom stereocenters. The van der Waals surface area contributed by atoms with E-state index in [0.717, 1.165) is 55.7 Å². The maximum absolute atomic E-state index is 12.9. The molecular formula is C21H26N4O3. The van der Waals surface area contributed by atoms with E-state index in [9.17, 15) is 9.59 Å². The number of ether oxygens (including phenoxy) is 1. The number of imidazole rings is 1. The summed E-state index contributed by atoms with van der Waals surface area (Å²) in [6.07, 6.45) is 4.80. The molecule has 2 aliphatic rings. The zero-order valence-electron chi connectivity index (χ0n) is 16.2. The maximum Gasteiger partial charge on any atom is 0.291 e. The number of aryl methyl sites for hydroxylation is 1. The van der Waals surface area contributed by atoms with E-state index < -0.39 is 0 Å². The lowest BCUT2D eigenvalue weighted by molar-refractivity contribution is 0.0853. The number of amides is 2. The third-order valence-electron chi connectivity index (χ3n) is 5.44. The monoisotopic (exact) mass is 382 g/mol. The second-order valence-electron chi connectivity index (χ2n) is 7.45. The van der Waals surface area contributed by atoms with Gasteiger partial charge in [0.15, 0.2) is 5.82 Å². The summed E-state index contributed by atoms with van der Waals surface area (Å²) >= 11 is 0. The number of fused-ring (bicyclic) bond motifs is 1. The van der Waals surface area contributed by atoms with Crippen LogP contribution in [-0.2, 0) is 17.7 Å². The maximum atomic E-state index is 12.9. The second-order valence-corrected chi connectivity index (χ2v) is 7.45. The lowest BCUT2D eigenvalue weighted by atomic mass is 10.1. The van der Waals surface area contributed by atoms with Crippen LogP contribution in [0.2, 0.25) is 0 Å². The number of hydrogen-bond donors (Lipinski definition) is 2. The molecule has 7 heteroatoms. The van der Waals surface area contributed by atoms with Crippen LogP contribution >= 0.6 is 0 Å². The summed E-state index contributed by atoms with van der Waals surface area (Å²) in [5.74, 6) is -0.202. The molecule has 0 saturated carbocycles. The fourth-order valence-electron chi connectivity index (χ4n) is 3.89. The van der Waals surface area contributed by atoms with E-state index in [1.165, 1.54) is 0 Å². The van der Waals surface area contributed by atoms with Gasteiger partial charge in [-0.25, -0.2) is 4.98 Å². The SMILES string of the molecule is Cc1ccccc1NC(=O)c1nc(C(=O)NCC2CCCO2)c2n1CCCC2. The molecule has 1 fully saturated rings. The first-order valence-corrected chi connectivity index (χ1v) is 9.99. The first-order valence-electron chi connectivity index (χ1n) is 9.99. The van der Waals surface area contributed by atoms with Crippen LogP contribution in [0.25, 0.3) is 0 Å². The molecule has 1 unspecified atom stereocenters. The Morgan fingerprint density at radius 3 is 2.86 bits per heavy atom. The number of aromatic nitrogens is 2. The van der Waals surface area contributed by atoms with Gasteiger partial charge in [0.25, 0.3) is 11.8 Å². The minimum Gasteiger partial charge on any atom is -0.376 e. The molecule has 1 aromatic heterocycles. The Labute approximate surface area is 164 Å². The van der Waals surface area contributed by atoms with Gasteiger partial charge in [-0.05, 0) is 50.7 Å². The number of nitrogens with one attached hydrogen (secondary N) is 2. The number of hydrogen-bond acceptors (Lipinski definition) is 4. The van der Waals surface area contributed by atoms with E-state index in [1.807, 2.05) is 35.8 Å². The van der Waals surface area contributed by atoms with Gasteiger partial charge < -0.3 is 19.9 Å². The van der Waals surface area contributed by atoms with Crippen LogP contribution in [0.15, 0.2) is 24.3 Å². The van der Waals surface area contributed by atoms with Crippen molar-refractivity contribution in [3.8, 4) is 0 Å². The first-order chi connectivity index (χ1) is 13.6. The number of carbonyl (C=O) groups is 2. The van der Waals surface area contributed by atoms with Crippen LogP contribution in [0.4, 0.5) is 5.69 Å². The fourth-order valence-corrected chi connectivity index (χ4v) is 3.89. The molecule has 2 aliphatic heterocycles. The smallest absolute Gasteiger partial charge is 0.291 e. The van der Waals surface area contributed by atoms with E-state index in [-0.39, 0.29) is 17.9 Å². The van der Waals surface area contributed by atoms with E-state index in [1.54, 1.807) is 0 Å². The minimum atomic E-state index is -0.282. The predicted molar refractivity (Wildman–Crippen MR) is 106 cm³/mol. The average molecular weight is 382 g/mol. The van der Waals surface area contributed by atoms with Gasteiger partial charge in [0.1, 0.15) is 5.69 Å². The van der Waals surface area contributed by atoms with E-state index in [4.69, 9.17) is 4.74 Å². The highest BCUT2D eigenvalue weighted by Crippen LogP contribution is 2.23. The summed E-state index contributed by atoms with van der Waals surface area (Å²) in [4.78, 5) is 30.1. The van der Waals surface area contributed by atoms with Crippen molar-refractivity contribution in [1.29, 1.82) is 0 Å². The van der Waals surface area contributed by atoms with Crippen LogP contribution in [0, 0.1) is 6.92 Å². The lowest BCUT2D eigenvalue weighted by Gasteiger charge is -2.17. The number of anilines is 1. The normalized spacial score (nSPS) is 18.5. The van der Waals surface area contributed by atoms with E-state index in [2.05, 4.69) is 15.6 Å². The van der Waals surface area contributed by atoms with Gasteiger partial charge in [-0.3, -0.25) is 9.59 Å². The van der Waals surface area contributed by atoms with Gasteiger partial charge in [0.2, 0.25) is 0 Å². The third-order valence-corrected chi connectivity index (χ3v) is 5.44. The summed E-state index contributed by atoms with van der Waals surface area (Å²) in [5.41, 5.74) is 2.96. The molecule has 0 bridgehead atoms. The zero-order valence-corrected chi connectivity index (χ0v) is 16.2. The highest BCUT2D eigenvalue weighted by atomic mass is 16.5. The highest BCUT2D eigenvalue weighted by molar-refractivity contribution is 6.04. The van der Waals surface area contributed by atoms with Crippen molar-refractivity contribution < 1.29 is 14.3 Å². The van der Waals surface area contributed by atoms with Gasteiger partial charge in [0, 0.05) is 25.4 Å². The fraction of sp³-hybridized carbons (Fsp3) is 0.476. The van der Waals surface area contributed by atoms with Gasteiger partial charge in [-0.15, -0.1) is 0 Å². The van der Waals surface area contributed by atoms with Gasteiger partial charge in [0.05, 0.1) is 11.8 Å². The van der Waals surface area contributed by atoms with Crippen molar-refractivity contribution in [2.75, 3.05) is 18.5 Å². The summed E-state index contributed by atoms with van der Waals surface area (Å²) in [5, 5.41) is 5.86. The Morgan fingerprint density at radius 2 is 2.07 bits per heavy atom.